The number of primary amides is 1. The molecule has 31 heavy (non-hydrogen) atoms. The van der Waals surface area contributed by atoms with Crippen LogP contribution in [0.1, 0.15) is 45.7 Å². The Morgan fingerprint density at radius 2 is 1.58 bits per heavy atom. The van der Waals surface area contributed by atoms with E-state index >= 15 is 0 Å². The van der Waals surface area contributed by atoms with Gasteiger partial charge in [-0.25, -0.2) is 4.98 Å². The van der Waals surface area contributed by atoms with Gasteiger partial charge in [-0.3, -0.25) is 9.59 Å². The van der Waals surface area contributed by atoms with Gasteiger partial charge in [0, 0.05) is 5.69 Å². The van der Waals surface area contributed by atoms with Crippen molar-refractivity contribution in [2.75, 3.05) is 5.75 Å². The van der Waals surface area contributed by atoms with E-state index in [2.05, 4.69) is 34.6 Å². The van der Waals surface area contributed by atoms with Crippen molar-refractivity contribution in [2.45, 2.75) is 38.8 Å². The maximum Gasteiger partial charge on any atom is 0.251 e. The van der Waals surface area contributed by atoms with Gasteiger partial charge in [-0.2, -0.15) is 0 Å². The van der Waals surface area contributed by atoms with Crippen LogP contribution in [0.5, 0.6) is 0 Å². The second-order valence-corrected chi connectivity index (χ2v) is 8.52. The van der Waals surface area contributed by atoms with Crippen molar-refractivity contribution in [1.82, 2.24) is 10.3 Å². The number of nitrogens with one attached hydrogen (secondary N) is 1. The molecule has 1 heterocycles. The number of carbonyl (C=O) groups excluding carboxylic acids is 2. The maximum absolute atomic E-state index is 12.5. The Balaban J connectivity index is 1.64. The Kier molecular flexibility index (Phi) is 7.13. The quantitative estimate of drug-likeness (QED) is 0.527. The minimum Gasteiger partial charge on any atom is -0.366 e. The van der Waals surface area contributed by atoms with Gasteiger partial charge in [-0.1, -0.05) is 66.4 Å². The van der Waals surface area contributed by atoms with E-state index in [-0.39, 0.29) is 17.7 Å². The van der Waals surface area contributed by atoms with E-state index in [0.717, 1.165) is 33.5 Å². The summed E-state index contributed by atoms with van der Waals surface area (Å²) in [7, 11) is 0. The van der Waals surface area contributed by atoms with Crippen LogP contribution in [0.25, 0.3) is 11.1 Å². The lowest BCUT2D eigenvalue weighted by Crippen LogP contribution is -2.28. The third-order valence-corrected chi connectivity index (χ3v) is 6.42. The molecule has 2 amide bonds. The molecule has 0 bridgehead atoms. The first-order valence-corrected chi connectivity index (χ1v) is 11.1. The van der Waals surface area contributed by atoms with Crippen LogP contribution in [0.3, 0.4) is 0 Å². The summed E-state index contributed by atoms with van der Waals surface area (Å²) in [5.41, 5.74) is 11.9. The van der Waals surface area contributed by atoms with Crippen molar-refractivity contribution < 1.29 is 9.59 Å². The van der Waals surface area contributed by atoms with Gasteiger partial charge in [0.2, 0.25) is 5.91 Å². The zero-order valence-electron chi connectivity index (χ0n) is 18.2. The summed E-state index contributed by atoms with van der Waals surface area (Å²) >= 11 is 1.23. The highest BCUT2D eigenvalue weighted by molar-refractivity contribution is 8.00. The Labute approximate surface area is 187 Å². The third kappa shape index (κ3) is 5.33. The molecule has 0 saturated carbocycles. The summed E-state index contributed by atoms with van der Waals surface area (Å²) < 4.78 is 0. The van der Waals surface area contributed by atoms with E-state index < -0.39 is 5.91 Å². The molecule has 3 rings (SSSR count). The molecule has 0 aliphatic carbocycles. The van der Waals surface area contributed by atoms with E-state index in [9.17, 15) is 9.59 Å². The van der Waals surface area contributed by atoms with Crippen LogP contribution in [0, 0.1) is 20.8 Å². The van der Waals surface area contributed by atoms with Gasteiger partial charge in [0.05, 0.1) is 17.4 Å². The van der Waals surface area contributed by atoms with E-state index in [1.54, 1.807) is 0 Å². The molecule has 0 spiro atoms. The molecule has 1 unspecified atom stereocenters. The summed E-state index contributed by atoms with van der Waals surface area (Å²) in [4.78, 5) is 28.9. The number of hydrogen-bond donors (Lipinski definition) is 2. The molecule has 5 nitrogen and oxygen atoms in total. The lowest BCUT2D eigenvalue weighted by Gasteiger charge is -2.16. The number of pyridine rings is 1. The van der Waals surface area contributed by atoms with Crippen molar-refractivity contribution in [1.29, 1.82) is 0 Å². The number of benzene rings is 2. The number of aromatic nitrogens is 1. The number of thioether (sulfide) groups is 1. The number of nitrogens with zero attached hydrogens (tertiary/aromatic N) is 1. The third-order valence-electron chi connectivity index (χ3n) is 5.45. The highest BCUT2D eigenvalue weighted by atomic mass is 32.2. The highest BCUT2D eigenvalue weighted by Gasteiger charge is 2.19. The SMILES string of the molecule is Cc1nc(SCC(=O)NC(C)c2ccc(-c3ccccc3)cc2)c(C(N)=O)c(C)c1C. The van der Waals surface area contributed by atoms with Crippen molar-refractivity contribution in [3.05, 3.63) is 82.5 Å². The molecular formula is C25H27N3O2S. The number of rotatable bonds is 7. The fourth-order valence-electron chi connectivity index (χ4n) is 3.40. The number of carbonyl (C=O) groups is 2. The summed E-state index contributed by atoms with van der Waals surface area (Å²) in [6, 6.07) is 18.2. The van der Waals surface area contributed by atoms with Crippen LogP contribution in [-0.4, -0.2) is 22.6 Å². The molecule has 1 aromatic heterocycles. The molecule has 2 aromatic carbocycles. The molecule has 3 aromatic rings. The van der Waals surface area contributed by atoms with E-state index in [4.69, 9.17) is 5.73 Å². The molecule has 1 atom stereocenters. The molecule has 3 N–H and O–H groups in total. The maximum atomic E-state index is 12.5. The number of amides is 2. The zero-order valence-corrected chi connectivity index (χ0v) is 19.0. The van der Waals surface area contributed by atoms with Crippen LogP contribution < -0.4 is 11.1 Å². The predicted octanol–water partition coefficient (Wildman–Crippen LogP) is 4.74. The zero-order chi connectivity index (χ0) is 22.5. The Bertz CT molecular complexity index is 1100. The summed E-state index contributed by atoms with van der Waals surface area (Å²) in [6.07, 6.45) is 0. The fraction of sp³-hybridized carbons (Fsp3) is 0.240. The Hall–Kier alpha value is -3.12. The largest absolute Gasteiger partial charge is 0.366 e. The van der Waals surface area contributed by atoms with Gasteiger partial charge in [-0.05, 0) is 55.5 Å². The van der Waals surface area contributed by atoms with E-state index in [1.807, 2.05) is 58.0 Å². The average molecular weight is 434 g/mol. The Morgan fingerprint density at radius 3 is 2.19 bits per heavy atom. The minimum atomic E-state index is -0.525. The van der Waals surface area contributed by atoms with Gasteiger partial charge >= 0.3 is 0 Å². The van der Waals surface area contributed by atoms with Crippen molar-refractivity contribution >= 4 is 23.6 Å². The number of nitrogens with two attached hydrogens (primary N) is 1. The monoisotopic (exact) mass is 433 g/mol. The molecule has 0 aliphatic rings. The highest BCUT2D eigenvalue weighted by Crippen LogP contribution is 2.27. The second kappa shape index (κ2) is 9.79. The van der Waals surface area contributed by atoms with Gasteiger partial charge in [-0.15, -0.1) is 0 Å². The van der Waals surface area contributed by atoms with Crippen molar-refractivity contribution in [3.8, 4) is 11.1 Å². The molecule has 0 radical (unpaired) electrons. The first-order valence-electron chi connectivity index (χ1n) is 10.1. The second-order valence-electron chi connectivity index (χ2n) is 7.56. The molecule has 6 heteroatoms. The fourth-order valence-corrected chi connectivity index (χ4v) is 4.35. The molecule has 0 fully saturated rings. The van der Waals surface area contributed by atoms with Crippen LogP contribution in [0.4, 0.5) is 0 Å². The summed E-state index contributed by atoms with van der Waals surface area (Å²) in [6.45, 7) is 7.61. The first-order chi connectivity index (χ1) is 14.8. The first kappa shape index (κ1) is 22.6. The number of aryl methyl sites for hydroxylation is 1. The van der Waals surface area contributed by atoms with Crippen LogP contribution in [0.15, 0.2) is 59.6 Å². The van der Waals surface area contributed by atoms with Gasteiger partial charge < -0.3 is 11.1 Å². The van der Waals surface area contributed by atoms with Gasteiger partial charge in [0.1, 0.15) is 5.03 Å². The number of hydrogen-bond acceptors (Lipinski definition) is 4. The van der Waals surface area contributed by atoms with Crippen LogP contribution in [-0.2, 0) is 4.79 Å². The van der Waals surface area contributed by atoms with Gasteiger partial charge in [0.25, 0.3) is 5.91 Å². The standard InChI is InChI=1S/C25H27N3O2S/c1-15-16(2)23(24(26)30)25(28-17(15)3)31-14-22(29)27-18(4)19-10-12-21(13-11-19)20-8-6-5-7-9-20/h5-13,18H,14H2,1-4H3,(H2,26,30)(H,27,29). The van der Waals surface area contributed by atoms with E-state index in [0.29, 0.717) is 10.6 Å². The molecule has 160 valence electrons. The summed E-state index contributed by atoms with van der Waals surface area (Å²) in [5.74, 6) is -0.498. The normalized spacial score (nSPS) is 11.7. The smallest absolute Gasteiger partial charge is 0.251 e. The molecular weight excluding hydrogens is 406 g/mol. The van der Waals surface area contributed by atoms with Gasteiger partial charge in [0.15, 0.2) is 0 Å². The summed E-state index contributed by atoms with van der Waals surface area (Å²) in [5, 5.41) is 3.51. The van der Waals surface area contributed by atoms with Crippen LogP contribution in [0.2, 0.25) is 0 Å². The van der Waals surface area contributed by atoms with Crippen molar-refractivity contribution in [2.24, 2.45) is 5.73 Å². The average Bonchev–Trinajstić information content (AvgIpc) is 2.76. The van der Waals surface area contributed by atoms with Crippen molar-refractivity contribution in [3.63, 3.8) is 0 Å². The predicted molar refractivity (Wildman–Crippen MR) is 126 cm³/mol. The van der Waals surface area contributed by atoms with Crippen LogP contribution >= 0.6 is 11.8 Å². The lowest BCUT2D eigenvalue weighted by atomic mass is 10.0. The molecule has 0 saturated heterocycles. The topological polar surface area (TPSA) is 85.1 Å². The minimum absolute atomic E-state index is 0.127. The molecule has 0 aliphatic heterocycles. The Morgan fingerprint density at radius 1 is 0.968 bits per heavy atom. The lowest BCUT2D eigenvalue weighted by molar-refractivity contribution is -0.119. The van der Waals surface area contributed by atoms with E-state index in [1.165, 1.54) is 11.8 Å².